The van der Waals surface area contributed by atoms with E-state index in [9.17, 15) is 4.79 Å². The number of nitrogens with one attached hydrogen (secondary N) is 2. The molecule has 138 valence electrons. The largest absolute Gasteiger partial charge is 0.378 e. The molecule has 1 atom stereocenters. The summed E-state index contributed by atoms with van der Waals surface area (Å²) < 4.78 is 6.00. The molecule has 0 bridgehead atoms. The van der Waals surface area contributed by atoms with Crippen molar-refractivity contribution in [2.24, 2.45) is 5.92 Å². The summed E-state index contributed by atoms with van der Waals surface area (Å²) in [5.41, 5.74) is 1.38. The third-order valence-corrected chi connectivity index (χ3v) is 5.19. The molecule has 2 N–H and O–H groups in total. The summed E-state index contributed by atoms with van der Waals surface area (Å²) in [4.78, 5) is 14.4. The third-order valence-electron chi connectivity index (χ3n) is 5.19. The van der Waals surface area contributed by atoms with Gasteiger partial charge in [-0.05, 0) is 37.8 Å². The van der Waals surface area contributed by atoms with Crippen molar-refractivity contribution in [3.63, 3.8) is 0 Å². The molecular formula is C20H31N3O2. The molecule has 1 aromatic carbocycles. The molecule has 0 radical (unpaired) electrons. The van der Waals surface area contributed by atoms with Gasteiger partial charge in [0.05, 0.1) is 12.0 Å². The second-order valence-electron chi connectivity index (χ2n) is 7.17. The van der Waals surface area contributed by atoms with Gasteiger partial charge in [0.25, 0.3) is 0 Å². The van der Waals surface area contributed by atoms with Crippen LogP contribution in [0.4, 0.5) is 0 Å². The Hall–Kier alpha value is -1.43. The Bertz CT molecular complexity index is 509. The van der Waals surface area contributed by atoms with Gasteiger partial charge in [-0.2, -0.15) is 0 Å². The van der Waals surface area contributed by atoms with Crippen LogP contribution in [0.3, 0.4) is 0 Å². The van der Waals surface area contributed by atoms with Crippen molar-refractivity contribution in [2.75, 3.05) is 39.3 Å². The zero-order valence-corrected chi connectivity index (χ0v) is 15.1. The molecule has 0 saturated carbocycles. The van der Waals surface area contributed by atoms with E-state index in [2.05, 4.69) is 45.9 Å². The number of carbonyl (C=O) groups excluding carboxylic acids is 1. The summed E-state index contributed by atoms with van der Waals surface area (Å²) in [7, 11) is 0. The van der Waals surface area contributed by atoms with Gasteiger partial charge in [-0.3, -0.25) is 9.69 Å². The van der Waals surface area contributed by atoms with Gasteiger partial charge in [0, 0.05) is 39.3 Å². The average molecular weight is 345 g/mol. The first kappa shape index (κ1) is 18.4. The van der Waals surface area contributed by atoms with Crippen LogP contribution < -0.4 is 10.6 Å². The van der Waals surface area contributed by atoms with E-state index in [0.717, 1.165) is 71.6 Å². The quantitative estimate of drug-likeness (QED) is 0.705. The summed E-state index contributed by atoms with van der Waals surface area (Å²) in [6.07, 6.45) is 4.45. The van der Waals surface area contributed by atoms with Crippen LogP contribution >= 0.6 is 0 Å². The maximum Gasteiger partial charge on any atom is 0.224 e. The second-order valence-corrected chi connectivity index (χ2v) is 7.17. The maximum atomic E-state index is 11.9. The van der Waals surface area contributed by atoms with Crippen LogP contribution in [-0.4, -0.2) is 56.2 Å². The summed E-state index contributed by atoms with van der Waals surface area (Å²) in [6, 6.07) is 10.7. The van der Waals surface area contributed by atoms with Gasteiger partial charge in [-0.1, -0.05) is 30.3 Å². The monoisotopic (exact) mass is 345 g/mol. The fraction of sp³-hybridized carbons (Fsp3) is 0.650. The minimum atomic E-state index is 0.162. The number of hydrogen-bond acceptors (Lipinski definition) is 4. The number of likely N-dealkylation sites (tertiary alicyclic amines) is 1. The number of ether oxygens (including phenoxy) is 1. The molecule has 3 rings (SSSR count). The first-order chi connectivity index (χ1) is 12.3. The molecule has 1 amide bonds. The van der Waals surface area contributed by atoms with Gasteiger partial charge >= 0.3 is 0 Å². The van der Waals surface area contributed by atoms with Crippen molar-refractivity contribution < 1.29 is 9.53 Å². The van der Waals surface area contributed by atoms with E-state index in [1.807, 2.05) is 0 Å². The smallest absolute Gasteiger partial charge is 0.224 e. The molecule has 5 nitrogen and oxygen atoms in total. The first-order valence-corrected chi connectivity index (χ1v) is 9.67. The van der Waals surface area contributed by atoms with Gasteiger partial charge in [-0.25, -0.2) is 0 Å². The van der Waals surface area contributed by atoms with Gasteiger partial charge in [0.1, 0.15) is 0 Å². The number of nitrogens with zero attached hydrogens (tertiary/aromatic N) is 1. The number of rotatable bonds is 8. The van der Waals surface area contributed by atoms with Crippen LogP contribution in [0.2, 0.25) is 0 Å². The summed E-state index contributed by atoms with van der Waals surface area (Å²) in [5, 5.41) is 6.26. The van der Waals surface area contributed by atoms with Crippen molar-refractivity contribution in [1.82, 2.24) is 15.5 Å². The Morgan fingerprint density at radius 3 is 2.72 bits per heavy atom. The van der Waals surface area contributed by atoms with Crippen molar-refractivity contribution in [3.05, 3.63) is 35.9 Å². The number of piperidine rings is 1. The first-order valence-electron chi connectivity index (χ1n) is 9.67. The Morgan fingerprint density at radius 2 is 2.00 bits per heavy atom. The standard InChI is InChI=1S/C20H31N3O2/c24-20(18-7-11-21-15-18)22-10-4-14-25-19-8-12-23(13-9-19)16-17-5-2-1-3-6-17/h1-3,5-6,18-19,21H,4,7-16H2,(H,22,24). The molecule has 25 heavy (non-hydrogen) atoms. The van der Waals surface area contributed by atoms with E-state index in [1.54, 1.807) is 0 Å². The fourth-order valence-corrected chi connectivity index (χ4v) is 3.63. The van der Waals surface area contributed by atoms with Crippen molar-refractivity contribution in [3.8, 4) is 0 Å². The molecule has 2 aliphatic rings. The van der Waals surface area contributed by atoms with Crippen LogP contribution in [0, 0.1) is 5.92 Å². The van der Waals surface area contributed by atoms with E-state index in [-0.39, 0.29) is 11.8 Å². The number of carbonyl (C=O) groups is 1. The van der Waals surface area contributed by atoms with E-state index in [4.69, 9.17) is 4.74 Å². The van der Waals surface area contributed by atoms with Crippen LogP contribution in [0.1, 0.15) is 31.2 Å². The lowest BCUT2D eigenvalue weighted by Crippen LogP contribution is -2.37. The van der Waals surface area contributed by atoms with Gasteiger partial charge < -0.3 is 15.4 Å². The summed E-state index contributed by atoms with van der Waals surface area (Å²) in [5.74, 6) is 0.356. The molecular weight excluding hydrogens is 314 g/mol. The summed E-state index contributed by atoms with van der Waals surface area (Å²) in [6.45, 7) is 6.49. The molecule has 5 heteroatoms. The van der Waals surface area contributed by atoms with Crippen LogP contribution in [0.25, 0.3) is 0 Å². The second kappa shape index (κ2) is 9.90. The molecule has 0 aromatic heterocycles. The predicted molar refractivity (Wildman–Crippen MR) is 99.3 cm³/mol. The van der Waals surface area contributed by atoms with Crippen LogP contribution in [0.5, 0.6) is 0 Å². The number of amides is 1. The van der Waals surface area contributed by atoms with Gasteiger partial charge in [-0.15, -0.1) is 0 Å². The minimum absolute atomic E-state index is 0.162. The van der Waals surface area contributed by atoms with Crippen molar-refractivity contribution >= 4 is 5.91 Å². The fourth-order valence-electron chi connectivity index (χ4n) is 3.63. The highest BCUT2D eigenvalue weighted by atomic mass is 16.5. The van der Waals surface area contributed by atoms with Crippen LogP contribution in [-0.2, 0) is 16.1 Å². The molecule has 2 saturated heterocycles. The van der Waals surface area contributed by atoms with Gasteiger partial charge in [0.15, 0.2) is 0 Å². The normalized spacial score (nSPS) is 22.2. The molecule has 1 unspecified atom stereocenters. The Kier molecular flexibility index (Phi) is 7.27. The SMILES string of the molecule is O=C(NCCCOC1CCN(Cc2ccccc2)CC1)C1CCNC1. The number of hydrogen-bond donors (Lipinski definition) is 2. The van der Waals surface area contributed by atoms with Crippen LogP contribution in [0.15, 0.2) is 30.3 Å². The molecule has 2 heterocycles. The van der Waals surface area contributed by atoms with E-state index in [1.165, 1.54) is 5.56 Å². The zero-order valence-electron chi connectivity index (χ0n) is 15.1. The maximum absolute atomic E-state index is 11.9. The van der Waals surface area contributed by atoms with E-state index < -0.39 is 0 Å². The molecule has 2 fully saturated rings. The molecule has 1 aromatic rings. The lowest BCUT2D eigenvalue weighted by Gasteiger charge is -2.32. The highest BCUT2D eigenvalue weighted by molar-refractivity contribution is 5.79. The van der Waals surface area contributed by atoms with E-state index >= 15 is 0 Å². The van der Waals surface area contributed by atoms with Crippen molar-refractivity contribution in [2.45, 2.75) is 38.3 Å². The lowest BCUT2D eigenvalue weighted by atomic mass is 10.1. The molecule has 0 aliphatic carbocycles. The zero-order chi connectivity index (χ0) is 17.3. The summed E-state index contributed by atoms with van der Waals surface area (Å²) >= 11 is 0. The van der Waals surface area contributed by atoms with E-state index in [0.29, 0.717) is 6.10 Å². The third kappa shape index (κ3) is 6.10. The minimum Gasteiger partial charge on any atom is -0.378 e. The molecule has 0 spiro atoms. The average Bonchev–Trinajstić information content (AvgIpc) is 3.18. The Morgan fingerprint density at radius 1 is 1.20 bits per heavy atom. The topological polar surface area (TPSA) is 53.6 Å². The highest BCUT2D eigenvalue weighted by Gasteiger charge is 2.22. The molecule has 2 aliphatic heterocycles. The lowest BCUT2D eigenvalue weighted by molar-refractivity contribution is -0.124. The highest BCUT2D eigenvalue weighted by Crippen LogP contribution is 2.16. The predicted octanol–water partition coefficient (Wildman–Crippen LogP) is 1.78. The Balaban J connectivity index is 1.23. The number of benzene rings is 1. The Labute approximate surface area is 151 Å². The van der Waals surface area contributed by atoms with Crippen molar-refractivity contribution in [1.29, 1.82) is 0 Å². The van der Waals surface area contributed by atoms with Gasteiger partial charge in [0.2, 0.25) is 5.91 Å².